The van der Waals surface area contributed by atoms with Crippen molar-refractivity contribution in [3.05, 3.63) is 87.6 Å². The molecular formula is C25H20Cl2FN3O. The fraction of sp³-hybridized carbons (Fsp3) is 0.200. The Morgan fingerprint density at radius 1 is 0.938 bits per heavy atom. The van der Waals surface area contributed by atoms with Crippen LogP contribution in [0.4, 0.5) is 4.39 Å². The molecule has 1 N–H and O–H groups in total. The Labute approximate surface area is 195 Å². The van der Waals surface area contributed by atoms with Crippen LogP contribution < -0.4 is 10.0 Å². The zero-order valence-electron chi connectivity index (χ0n) is 17.1. The molecule has 7 heteroatoms. The number of nitrogens with one attached hydrogen (secondary N) is 1. The number of halogens is 3. The first kappa shape index (κ1) is 21.1. The van der Waals surface area contributed by atoms with Gasteiger partial charge in [0.1, 0.15) is 11.3 Å². The first-order chi connectivity index (χ1) is 15.5. The minimum Gasteiger partial charge on any atom is -0.618 e. The largest absolute Gasteiger partial charge is 0.618 e. The van der Waals surface area contributed by atoms with Gasteiger partial charge in [-0.05, 0) is 67.9 Å². The number of fused-ring (bicyclic) bond motifs is 1. The average molecular weight is 468 g/mol. The van der Waals surface area contributed by atoms with Crippen LogP contribution in [0.25, 0.3) is 33.3 Å². The van der Waals surface area contributed by atoms with Crippen LogP contribution in [0.3, 0.4) is 0 Å². The third kappa shape index (κ3) is 3.81. The zero-order valence-corrected chi connectivity index (χ0v) is 18.6. The summed E-state index contributed by atoms with van der Waals surface area (Å²) in [5.41, 5.74) is 3.98. The molecule has 162 valence electrons. The summed E-state index contributed by atoms with van der Waals surface area (Å²) in [5, 5.41) is 17.9. The van der Waals surface area contributed by atoms with Crippen molar-refractivity contribution < 1.29 is 9.12 Å². The summed E-state index contributed by atoms with van der Waals surface area (Å²) >= 11 is 12.9. The highest BCUT2D eigenvalue weighted by atomic mass is 35.5. The second kappa shape index (κ2) is 8.66. The van der Waals surface area contributed by atoms with E-state index in [0.717, 1.165) is 47.3 Å². The van der Waals surface area contributed by atoms with E-state index in [9.17, 15) is 9.60 Å². The van der Waals surface area contributed by atoms with Gasteiger partial charge in [-0.25, -0.2) is 9.37 Å². The van der Waals surface area contributed by atoms with Crippen molar-refractivity contribution in [2.45, 2.75) is 18.8 Å². The molecule has 0 spiro atoms. The molecule has 1 aliphatic rings. The minimum atomic E-state index is -0.398. The van der Waals surface area contributed by atoms with Gasteiger partial charge in [-0.3, -0.25) is 0 Å². The molecule has 4 aromatic rings. The van der Waals surface area contributed by atoms with Crippen molar-refractivity contribution in [1.82, 2.24) is 10.3 Å². The Bertz CT molecular complexity index is 1320. The second-order valence-corrected chi connectivity index (χ2v) is 8.79. The van der Waals surface area contributed by atoms with E-state index in [4.69, 9.17) is 28.2 Å². The van der Waals surface area contributed by atoms with Gasteiger partial charge >= 0.3 is 0 Å². The van der Waals surface area contributed by atoms with Crippen LogP contribution in [-0.2, 0) is 0 Å². The number of piperidine rings is 1. The fourth-order valence-corrected chi connectivity index (χ4v) is 4.90. The Balaban J connectivity index is 1.85. The summed E-state index contributed by atoms with van der Waals surface area (Å²) < 4.78 is 14.6. The van der Waals surface area contributed by atoms with Gasteiger partial charge in [0.25, 0.3) is 5.69 Å². The van der Waals surface area contributed by atoms with Crippen molar-refractivity contribution in [3.8, 4) is 22.4 Å². The molecular weight excluding hydrogens is 448 g/mol. The number of hydrogen-bond donors (Lipinski definition) is 1. The molecule has 32 heavy (non-hydrogen) atoms. The van der Waals surface area contributed by atoms with Crippen LogP contribution in [-0.4, -0.2) is 18.1 Å². The minimum absolute atomic E-state index is 0.248. The standard InChI is InChI=1S/C25H20Cl2FN3O/c26-21-4-2-1-3-19(21)25-24-18(9-12-31(25)32)20(17-6-5-16(28)13-22(17)27)14-23(30-24)15-7-10-29-11-8-15/h1-6,9,12-15,29H,7-8,10-11H2. The fourth-order valence-electron chi connectivity index (χ4n) is 4.40. The predicted octanol–water partition coefficient (Wildman–Crippen LogP) is 6.12. The molecule has 0 aliphatic carbocycles. The molecule has 1 fully saturated rings. The summed E-state index contributed by atoms with van der Waals surface area (Å²) in [4.78, 5) is 4.99. The summed E-state index contributed by atoms with van der Waals surface area (Å²) in [7, 11) is 0. The molecule has 5 rings (SSSR count). The Morgan fingerprint density at radius 3 is 2.47 bits per heavy atom. The van der Waals surface area contributed by atoms with E-state index in [2.05, 4.69) is 5.32 Å². The van der Waals surface area contributed by atoms with Crippen LogP contribution in [0.1, 0.15) is 24.5 Å². The highest BCUT2D eigenvalue weighted by Gasteiger charge is 2.25. The lowest BCUT2D eigenvalue weighted by molar-refractivity contribution is -0.592. The molecule has 0 amide bonds. The maximum atomic E-state index is 13.8. The third-order valence-corrected chi connectivity index (χ3v) is 6.65. The number of aromatic nitrogens is 2. The summed E-state index contributed by atoms with van der Waals surface area (Å²) in [5.74, 6) is -0.150. The zero-order chi connectivity index (χ0) is 22.2. The Hall–Kier alpha value is -2.73. The van der Waals surface area contributed by atoms with E-state index in [0.29, 0.717) is 32.4 Å². The van der Waals surface area contributed by atoms with Gasteiger partial charge < -0.3 is 10.5 Å². The molecule has 0 bridgehead atoms. The average Bonchev–Trinajstić information content (AvgIpc) is 2.80. The smallest absolute Gasteiger partial charge is 0.251 e. The van der Waals surface area contributed by atoms with E-state index < -0.39 is 5.82 Å². The number of benzene rings is 2. The molecule has 0 unspecified atom stereocenters. The molecule has 1 aliphatic heterocycles. The lowest BCUT2D eigenvalue weighted by atomic mass is 9.90. The monoisotopic (exact) mass is 467 g/mol. The number of hydrogen-bond acceptors (Lipinski definition) is 3. The van der Waals surface area contributed by atoms with E-state index in [1.54, 1.807) is 18.2 Å². The van der Waals surface area contributed by atoms with Gasteiger partial charge in [0.2, 0.25) is 0 Å². The summed E-state index contributed by atoms with van der Waals surface area (Å²) in [6.07, 6.45) is 3.34. The maximum Gasteiger partial charge on any atom is 0.251 e. The topological polar surface area (TPSA) is 51.9 Å². The summed E-state index contributed by atoms with van der Waals surface area (Å²) in [6, 6.07) is 15.4. The summed E-state index contributed by atoms with van der Waals surface area (Å²) in [6.45, 7) is 1.81. The molecule has 0 radical (unpaired) electrons. The number of pyridine rings is 2. The van der Waals surface area contributed by atoms with Gasteiger partial charge in [-0.2, -0.15) is 4.73 Å². The van der Waals surface area contributed by atoms with Crippen LogP contribution in [0.15, 0.2) is 60.8 Å². The molecule has 2 aromatic heterocycles. The van der Waals surface area contributed by atoms with E-state index in [-0.39, 0.29) is 5.92 Å². The van der Waals surface area contributed by atoms with Gasteiger partial charge in [-0.15, -0.1) is 0 Å². The SMILES string of the molecule is [O-][n+]1ccc2c(-c3ccc(F)cc3Cl)cc(C3CCNCC3)nc2c1-c1ccccc1Cl. The lowest BCUT2D eigenvalue weighted by Crippen LogP contribution is -2.29. The normalized spacial score (nSPS) is 14.7. The van der Waals surface area contributed by atoms with E-state index in [1.807, 2.05) is 24.3 Å². The van der Waals surface area contributed by atoms with Gasteiger partial charge in [0.05, 0.1) is 15.6 Å². The highest BCUT2D eigenvalue weighted by Crippen LogP contribution is 2.39. The van der Waals surface area contributed by atoms with Crippen molar-refractivity contribution in [2.24, 2.45) is 0 Å². The maximum absolute atomic E-state index is 13.8. The molecule has 4 nitrogen and oxygen atoms in total. The first-order valence-corrected chi connectivity index (χ1v) is 11.3. The number of rotatable bonds is 3. The Morgan fingerprint density at radius 2 is 1.72 bits per heavy atom. The van der Waals surface area contributed by atoms with Crippen molar-refractivity contribution >= 4 is 34.1 Å². The van der Waals surface area contributed by atoms with Crippen LogP contribution in [0.5, 0.6) is 0 Å². The third-order valence-electron chi connectivity index (χ3n) is 6.01. The lowest BCUT2D eigenvalue weighted by Gasteiger charge is -2.23. The Kier molecular flexibility index (Phi) is 5.72. The molecule has 2 aromatic carbocycles. The second-order valence-electron chi connectivity index (χ2n) is 7.98. The quantitative estimate of drug-likeness (QED) is 0.291. The molecule has 0 saturated carbocycles. The highest BCUT2D eigenvalue weighted by molar-refractivity contribution is 6.34. The van der Waals surface area contributed by atoms with Crippen molar-refractivity contribution in [1.29, 1.82) is 0 Å². The molecule has 1 saturated heterocycles. The van der Waals surface area contributed by atoms with Gasteiger partial charge in [-0.1, -0.05) is 35.3 Å². The van der Waals surface area contributed by atoms with E-state index in [1.165, 1.54) is 18.3 Å². The number of nitrogens with zero attached hydrogens (tertiary/aromatic N) is 2. The molecule has 0 atom stereocenters. The van der Waals surface area contributed by atoms with Gasteiger partial charge in [0.15, 0.2) is 6.20 Å². The van der Waals surface area contributed by atoms with Gasteiger partial charge in [0, 0.05) is 28.6 Å². The first-order valence-electron chi connectivity index (χ1n) is 10.5. The van der Waals surface area contributed by atoms with Crippen LogP contribution >= 0.6 is 23.2 Å². The molecule has 3 heterocycles. The van der Waals surface area contributed by atoms with Crippen molar-refractivity contribution in [3.63, 3.8) is 0 Å². The predicted molar refractivity (Wildman–Crippen MR) is 126 cm³/mol. The van der Waals surface area contributed by atoms with Crippen LogP contribution in [0, 0.1) is 11.0 Å². The van der Waals surface area contributed by atoms with Crippen LogP contribution in [0.2, 0.25) is 10.0 Å². The van der Waals surface area contributed by atoms with Crippen molar-refractivity contribution in [2.75, 3.05) is 13.1 Å². The van der Waals surface area contributed by atoms with E-state index >= 15 is 0 Å².